The molecule has 2 N–H and O–H groups in total. The van der Waals surface area contributed by atoms with Crippen molar-refractivity contribution in [2.45, 2.75) is 11.4 Å². The number of carbonyl (C=O) groups excluding carboxylic acids is 1. The van der Waals surface area contributed by atoms with Gasteiger partial charge in [0.2, 0.25) is 10.0 Å². The fraction of sp³-hybridized carbons (Fsp3) is 0.125. The van der Waals surface area contributed by atoms with E-state index in [2.05, 4.69) is 10.0 Å². The average molecular weight is 380 g/mol. The summed E-state index contributed by atoms with van der Waals surface area (Å²) >= 11 is 5.74. The van der Waals surface area contributed by atoms with Crippen LogP contribution >= 0.6 is 11.6 Å². The molecule has 0 fully saturated rings. The summed E-state index contributed by atoms with van der Waals surface area (Å²) in [5.41, 5.74) is -0.120. The SMILES string of the molecule is CNC(=O)/C(C#N)=C/c1ccc(CNS(=O)(=O)c2ccc(Cl)cc2)o1. The van der Waals surface area contributed by atoms with E-state index in [0.29, 0.717) is 10.8 Å². The zero-order valence-electron chi connectivity index (χ0n) is 13.1. The molecule has 2 aromatic rings. The minimum Gasteiger partial charge on any atom is -0.460 e. The number of rotatable bonds is 6. The monoisotopic (exact) mass is 379 g/mol. The van der Waals surface area contributed by atoms with E-state index in [9.17, 15) is 13.2 Å². The third-order valence-corrected chi connectivity index (χ3v) is 4.79. The molecule has 0 bridgehead atoms. The third kappa shape index (κ3) is 4.93. The minimum absolute atomic E-state index is 0.0787. The van der Waals surface area contributed by atoms with Crippen LogP contribution in [0.3, 0.4) is 0 Å². The number of sulfonamides is 1. The summed E-state index contributed by atoms with van der Waals surface area (Å²) in [6.45, 7) is -0.0827. The second-order valence-electron chi connectivity index (χ2n) is 4.83. The fourth-order valence-corrected chi connectivity index (χ4v) is 2.98. The number of benzene rings is 1. The van der Waals surface area contributed by atoms with E-state index in [1.54, 1.807) is 12.1 Å². The Morgan fingerprint density at radius 2 is 1.96 bits per heavy atom. The highest BCUT2D eigenvalue weighted by atomic mass is 35.5. The molecule has 130 valence electrons. The van der Waals surface area contributed by atoms with Crippen LogP contribution < -0.4 is 10.0 Å². The molecule has 0 atom stereocenters. The molecule has 7 nitrogen and oxygen atoms in total. The maximum atomic E-state index is 12.2. The maximum absolute atomic E-state index is 12.2. The first-order valence-electron chi connectivity index (χ1n) is 7.03. The van der Waals surface area contributed by atoms with Gasteiger partial charge in [-0.15, -0.1) is 0 Å². The van der Waals surface area contributed by atoms with Crippen LogP contribution in [0.5, 0.6) is 0 Å². The number of hydrogen-bond acceptors (Lipinski definition) is 5. The minimum atomic E-state index is -3.71. The van der Waals surface area contributed by atoms with E-state index < -0.39 is 15.9 Å². The summed E-state index contributed by atoms with van der Waals surface area (Å²) in [4.78, 5) is 11.5. The molecule has 1 aromatic heterocycles. The van der Waals surface area contributed by atoms with Gasteiger partial charge in [-0.2, -0.15) is 5.26 Å². The Bertz CT molecular complexity index is 941. The molecule has 1 heterocycles. The molecule has 2 rings (SSSR count). The van der Waals surface area contributed by atoms with E-state index in [1.807, 2.05) is 0 Å². The zero-order chi connectivity index (χ0) is 18.4. The summed E-state index contributed by atoms with van der Waals surface area (Å²) < 4.78 is 32.1. The molecule has 1 aromatic carbocycles. The van der Waals surface area contributed by atoms with E-state index in [-0.39, 0.29) is 22.8 Å². The number of nitrogens with one attached hydrogen (secondary N) is 2. The van der Waals surface area contributed by atoms with Crippen LogP contribution in [0.4, 0.5) is 0 Å². The summed E-state index contributed by atoms with van der Waals surface area (Å²) in [6.07, 6.45) is 1.27. The van der Waals surface area contributed by atoms with E-state index in [0.717, 1.165) is 0 Å². The van der Waals surface area contributed by atoms with Gasteiger partial charge in [-0.3, -0.25) is 4.79 Å². The van der Waals surface area contributed by atoms with Crippen LogP contribution in [-0.4, -0.2) is 21.4 Å². The molecule has 0 saturated carbocycles. The Balaban J connectivity index is 2.09. The van der Waals surface area contributed by atoms with Gasteiger partial charge in [-0.25, -0.2) is 13.1 Å². The lowest BCUT2D eigenvalue weighted by molar-refractivity contribution is -0.116. The molecule has 0 aliphatic rings. The number of furan rings is 1. The number of nitriles is 1. The number of carbonyl (C=O) groups is 1. The highest BCUT2D eigenvalue weighted by Crippen LogP contribution is 2.16. The Hall–Kier alpha value is -2.60. The van der Waals surface area contributed by atoms with Crippen molar-refractivity contribution < 1.29 is 17.6 Å². The maximum Gasteiger partial charge on any atom is 0.261 e. The number of likely N-dealkylation sites (N-methyl/N-ethyl adjacent to an activating group) is 1. The topological polar surface area (TPSA) is 112 Å². The summed E-state index contributed by atoms with van der Waals surface area (Å²) in [5, 5.41) is 11.7. The van der Waals surface area contributed by atoms with Crippen molar-refractivity contribution >= 4 is 33.6 Å². The van der Waals surface area contributed by atoms with Crippen molar-refractivity contribution in [1.29, 1.82) is 5.26 Å². The Kier molecular flexibility index (Phi) is 5.98. The average Bonchev–Trinajstić information content (AvgIpc) is 3.05. The van der Waals surface area contributed by atoms with Crippen molar-refractivity contribution in [3.63, 3.8) is 0 Å². The Morgan fingerprint density at radius 1 is 1.28 bits per heavy atom. The predicted octanol–water partition coefficient (Wildman–Crippen LogP) is 2.06. The van der Waals surface area contributed by atoms with Crippen LogP contribution in [0.25, 0.3) is 6.08 Å². The first kappa shape index (κ1) is 18.7. The van der Waals surface area contributed by atoms with Gasteiger partial charge in [0.15, 0.2) is 0 Å². The highest BCUT2D eigenvalue weighted by molar-refractivity contribution is 7.89. The predicted molar refractivity (Wildman–Crippen MR) is 91.8 cm³/mol. The molecular formula is C16H14ClN3O4S. The normalized spacial score (nSPS) is 11.8. The van der Waals surface area contributed by atoms with Crippen molar-refractivity contribution in [3.05, 3.63) is 58.5 Å². The summed E-state index contributed by atoms with van der Waals surface area (Å²) in [5.74, 6) is 0.0581. The second-order valence-corrected chi connectivity index (χ2v) is 7.03. The lowest BCUT2D eigenvalue weighted by Gasteiger charge is -2.05. The molecule has 0 spiro atoms. The van der Waals surface area contributed by atoms with Crippen molar-refractivity contribution in [3.8, 4) is 6.07 Å². The van der Waals surface area contributed by atoms with Gasteiger partial charge in [0, 0.05) is 18.1 Å². The molecule has 9 heteroatoms. The van der Waals surface area contributed by atoms with Crippen molar-refractivity contribution in [2.24, 2.45) is 0 Å². The van der Waals surface area contributed by atoms with E-state index in [4.69, 9.17) is 21.3 Å². The molecule has 25 heavy (non-hydrogen) atoms. The van der Waals surface area contributed by atoms with E-state index in [1.165, 1.54) is 43.5 Å². The van der Waals surface area contributed by atoms with E-state index >= 15 is 0 Å². The quantitative estimate of drug-likeness (QED) is 0.589. The smallest absolute Gasteiger partial charge is 0.261 e. The van der Waals surface area contributed by atoms with Crippen LogP contribution in [0.2, 0.25) is 5.02 Å². The first-order chi connectivity index (χ1) is 11.9. The fourth-order valence-electron chi connectivity index (χ4n) is 1.86. The van der Waals surface area contributed by atoms with Gasteiger partial charge in [0.05, 0.1) is 11.4 Å². The van der Waals surface area contributed by atoms with Gasteiger partial charge in [0.1, 0.15) is 23.2 Å². The molecule has 1 amide bonds. The molecule has 0 unspecified atom stereocenters. The lowest BCUT2D eigenvalue weighted by atomic mass is 10.2. The molecule has 0 aliphatic heterocycles. The van der Waals surface area contributed by atoms with Gasteiger partial charge in [0.25, 0.3) is 5.91 Å². The molecular weight excluding hydrogens is 366 g/mol. The van der Waals surface area contributed by atoms with Gasteiger partial charge >= 0.3 is 0 Å². The largest absolute Gasteiger partial charge is 0.460 e. The van der Waals surface area contributed by atoms with Crippen LogP contribution in [0.15, 0.2) is 51.3 Å². The van der Waals surface area contributed by atoms with Gasteiger partial charge in [-0.05, 0) is 36.4 Å². The number of halogens is 1. The zero-order valence-corrected chi connectivity index (χ0v) is 14.7. The number of amides is 1. The number of hydrogen-bond donors (Lipinski definition) is 2. The summed E-state index contributed by atoms with van der Waals surface area (Å²) in [6, 6.07) is 10.6. The standard InChI is InChI=1S/C16H14ClN3O4S/c1-19-16(21)11(9-18)8-13-4-5-14(24-13)10-20-25(22,23)15-6-2-12(17)3-7-15/h2-8,20H,10H2,1H3,(H,19,21)/b11-8+. The molecule has 0 radical (unpaired) electrons. The second kappa shape index (κ2) is 7.98. The van der Waals surface area contributed by atoms with Crippen molar-refractivity contribution in [1.82, 2.24) is 10.0 Å². The Morgan fingerprint density at radius 3 is 2.56 bits per heavy atom. The molecule has 0 saturated heterocycles. The van der Waals surface area contributed by atoms with Crippen molar-refractivity contribution in [2.75, 3.05) is 7.05 Å². The van der Waals surface area contributed by atoms with Crippen LogP contribution in [0, 0.1) is 11.3 Å². The first-order valence-corrected chi connectivity index (χ1v) is 8.89. The number of nitrogens with zero attached hydrogens (tertiary/aromatic N) is 1. The highest BCUT2D eigenvalue weighted by Gasteiger charge is 2.15. The Labute approximate surface area is 150 Å². The van der Waals surface area contributed by atoms with Gasteiger partial charge < -0.3 is 9.73 Å². The third-order valence-electron chi connectivity index (χ3n) is 3.12. The van der Waals surface area contributed by atoms with Crippen LogP contribution in [0.1, 0.15) is 11.5 Å². The lowest BCUT2D eigenvalue weighted by Crippen LogP contribution is -2.22. The van der Waals surface area contributed by atoms with Crippen LogP contribution in [-0.2, 0) is 21.4 Å². The molecule has 0 aliphatic carbocycles. The summed E-state index contributed by atoms with van der Waals surface area (Å²) in [7, 11) is -2.30. The van der Waals surface area contributed by atoms with Gasteiger partial charge in [-0.1, -0.05) is 11.6 Å².